The largest absolute Gasteiger partial charge is 0.455 e. The highest BCUT2D eigenvalue weighted by molar-refractivity contribution is 5.93. The Labute approximate surface area is 142 Å². The number of ether oxygens (including phenoxy) is 1. The standard InChI is InChI=1S/C20H23NO3/c1-20(2,3)16-11-7-8-12-17(16)21-18(22)14-24-19(23)13-15-9-5-4-6-10-15/h4-12H,13-14H2,1-3H3,(H,21,22). The van der Waals surface area contributed by atoms with Crippen LogP contribution in [-0.2, 0) is 26.2 Å². The van der Waals surface area contributed by atoms with Gasteiger partial charge in [0.15, 0.2) is 6.61 Å². The van der Waals surface area contributed by atoms with E-state index in [9.17, 15) is 9.59 Å². The Balaban J connectivity index is 1.89. The van der Waals surface area contributed by atoms with E-state index in [4.69, 9.17) is 4.74 Å². The minimum Gasteiger partial charge on any atom is -0.455 e. The van der Waals surface area contributed by atoms with E-state index in [-0.39, 0.29) is 24.3 Å². The van der Waals surface area contributed by atoms with Crippen LogP contribution in [-0.4, -0.2) is 18.5 Å². The summed E-state index contributed by atoms with van der Waals surface area (Å²) in [6.07, 6.45) is 0.159. The van der Waals surface area contributed by atoms with E-state index in [1.165, 1.54) is 0 Å². The Bertz CT molecular complexity index is 702. The van der Waals surface area contributed by atoms with Gasteiger partial charge in [0.1, 0.15) is 0 Å². The van der Waals surface area contributed by atoms with E-state index in [1.807, 2.05) is 54.6 Å². The maximum Gasteiger partial charge on any atom is 0.310 e. The van der Waals surface area contributed by atoms with Crippen LogP contribution in [0.1, 0.15) is 31.9 Å². The number of rotatable bonds is 5. The van der Waals surface area contributed by atoms with Crippen LogP contribution in [0.4, 0.5) is 5.69 Å². The highest BCUT2D eigenvalue weighted by atomic mass is 16.5. The van der Waals surface area contributed by atoms with Crippen molar-refractivity contribution in [1.82, 2.24) is 0 Å². The fourth-order valence-corrected chi connectivity index (χ4v) is 2.39. The molecule has 0 heterocycles. The molecule has 2 aromatic carbocycles. The fraction of sp³-hybridized carbons (Fsp3) is 0.300. The van der Waals surface area contributed by atoms with Gasteiger partial charge in [-0.05, 0) is 22.6 Å². The molecule has 0 atom stereocenters. The predicted molar refractivity (Wildman–Crippen MR) is 94.9 cm³/mol. The lowest BCUT2D eigenvalue weighted by Gasteiger charge is -2.22. The molecule has 1 amide bonds. The van der Waals surface area contributed by atoms with Gasteiger partial charge in [0, 0.05) is 5.69 Å². The van der Waals surface area contributed by atoms with Gasteiger partial charge in [0.05, 0.1) is 6.42 Å². The molecule has 1 N–H and O–H groups in total. The molecule has 0 aliphatic carbocycles. The third-order valence-electron chi connectivity index (χ3n) is 3.56. The van der Waals surface area contributed by atoms with Crippen LogP contribution in [0, 0.1) is 0 Å². The van der Waals surface area contributed by atoms with Gasteiger partial charge < -0.3 is 10.1 Å². The van der Waals surface area contributed by atoms with E-state index in [0.717, 1.165) is 16.8 Å². The van der Waals surface area contributed by atoms with Crippen molar-refractivity contribution in [3.63, 3.8) is 0 Å². The second-order valence-corrected chi connectivity index (χ2v) is 6.67. The molecule has 0 fully saturated rings. The zero-order chi connectivity index (χ0) is 17.6. The number of esters is 1. The van der Waals surface area contributed by atoms with Gasteiger partial charge in [-0.15, -0.1) is 0 Å². The molecule has 0 aliphatic rings. The summed E-state index contributed by atoms with van der Waals surface area (Å²) < 4.78 is 5.05. The van der Waals surface area contributed by atoms with Crippen molar-refractivity contribution in [3.8, 4) is 0 Å². The lowest BCUT2D eigenvalue weighted by Crippen LogP contribution is -2.24. The number of carbonyl (C=O) groups is 2. The number of carbonyl (C=O) groups excluding carboxylic acids is 2. The van der Waals surface area contributed by atoms with Gasteiger partial charge in [-0.1, -0.05) is 69.3 Å². The average molecular weight is 325 g/mol. The third kappa shape index (κ3) is 5.23. The molecule has 0 aliphatic heterocycles. The first-order valence-electron chi connectivity index (χ1n) is 7.95. The first-order valence-corrected chi connectivity index (χ1v) is 7.95. The number of hydrogen-bond donors (Lipinski definition) is 1. The van der Waals surface area contributed by atoms with Crippen LogP contribution in [0.2, 0.25) is 0 Å². The maximum absolute atomic E-state index is 12.1. The van der Waals surface area contributed by atoms with Crippen LogP contribution in [0.15, 0.2) is 54.6 Å². The van der Waals surface area contributed by atoms with Gasteiger partial charge in [-0.25, -0.2) is 0 Å². The SMILES string of the molecule is CC(C)(C)c1ccccc1NC(=O)COC(=O)Cc1ccccc1. The highest BCUT2D eigenvalue weighted by Gasteiger charge is 2.18. The topological polar surface area (TPSA) is 55.4 Å². The van der Waals surface area contributed by atoms with Crippen molar-refractivity contribution in [2.24, 2.45) is 0 Å². The fourth-order valence-electron chi connectivity index (χ4n) is 2.39. The van der Waals surface area contributed by atoms with Crippen LogP contribution >= 0.6 is 0 Å². The molecule has 2 aromatic rings. The van der Waals surface area contributed by atoms with Crippen molar-refractivity contribution in [2.75, 3.05) is 11.9 Å². The summed E-state index contributed by atoms with van der Waals surface area (Å²) in [5.74, 6) is -0.756. The quantitative estimate of drug-likeness (QED) is 0.853. The number of para-hydroxylation sites is 1. The molecule has 0 bridgehead atoms. The van der Waals surface area contributed by atoms with E-state index in [0.29, 0.717) is 0 Å². The second-order valence-electron chi connectivity index (χ2n) is 6.67. The van der Waals surface area contributed by atoms with Crippen LogP contribution < -0.4 is 5.32 Å². The molecule has 0 spiro atoms. The van der Waals surface area contributed by atoms with E-state index in [1.54, 1.807) is 0 Å². The molecule has 0 unspecified atom stereocenters. The van der Waals surface area contributed by atoms with Crippen molar-refractivity contribution < 1.29 is 14.3 Å². The first-order chi connectivity index (χ1) is 11.4. The minimum atomic E-state index is -0.416. The van der Waals surface area contributed by atoms with Gasteiger partial charge in [0.25, 0.3) is 5.91 Å². The summed E-state index contributed by atoms with van der Waals surface area (Å²) in [6.45, 7) is 5.96. The molecule has 0 radical (unpaired) electrons. The molecule has 24 heavy (non-hydrogen) atoms. The Morgan fingerprint density at radius 2 is 1.58 bits per heavy atom. The molecule has 2 rings (SSSR count). The van der Waals surface area contributed by atoms with Crippen molar-refractivity contribution in [1.29, 1.82) is 0 Å². The summed E-state index contributed by atoms with van der Waals surface area (Å²) in [5, 5.41) is 2.82. The Kier molecular flexibility index (Phi) is 5.74. The summed E-state index contributed by atoms with van der Waals surface area (Å²) >= 11 is 0. The third-order valence-corrected chi connectivity index (χ3v) is 3.56. The van der Waals surface area contributed by atoms with Gasteiger partial charge in [0.2, 0.25) is 0 Å². The monoisotopic (exact) mass is 325 g/mol. The zero-order valence-electron chi connectivity index (χ0n) is 14.3. The number of benzene rings is 2. The second kappa shape index (κ2) is 7.77. The summed E-state index contributed by atoms with van der Waals surface area (Å²) in [4.78, 5) is 23.9. The van der Waals surface area contributed by atoms with Crippen LogP contribution in [0.5, 0.6) is 0 Å². The van der Waals surface area contributed by atoms with Gasteiger partial charge in [-0.3, -0.25) is 9.59 Å². The van der Waals surface area contributed by atoms with Crippen molar-refractivity contribution >= 4 is 17.6 Å². The zero-order valence-corrected chi connectivity index (χ0v) is 14.3. The predicted octanol–water partition coefficient (Wildman–Crippen LogP) is 3.71. The van der Waals surface area contributed by atoms with Gasteiger partial charge in [-0.2, -0.15) is 0 Å². The molecule has 0 saturated heterocycles. The van der Waals surface area contributed by atoms with Crippen molar-refractivity contribution in [3.05, 3.63) is 65.7 Å². The van der Waals surface area contributed by atoms with Gasteiger partial charge >= 0.3 is 5.97 Å². The lowest BCUT2D eigenvalue weighted by molar-refractivity contribution is -0.146. The number of nitrogens with one attached hydrogen (secondary N) is 1. The summed E-state index contributed by atoms with van der Waals surface area (Å²) in [6, 6.07) is 16.9. The van der Waals surface area contributed by atoms with E-state index >= 15 is 0 Å². The van der Waals surface area contributed by atoms with Crippen LogP contribution in [0.3, 0.4) is 0 Å². The Morgan fingerprint density at radius 3 is 2.25 bits per heavy atom. The van der Waals surface area contributed by atoms with Crippen LogP contribution in [0.25, 0.3) is 0 Å². The molecular weight excluding hydrogens is 302 g/mol. The normalized spacial score (nSPS) is 11.0. The molecule has 4 nitrogen and oxygen atoms in total. The number of anilines is 1. The smallest absolute Gasteiger partial charge is 0.310 e. The lowest BCUT2D eigenvalue weighted by atomic mass is 9.86. The van der Waals surface area contributed by atoms with E-state index < -0.39 is 5.97 Å². The molecule has 4 heteroatoms. The summed E-state index contributed by atoms with van der Waals surface area (Å²) in [7, 11) is 0. The molecule has 0 aromatic heterocycles. The number of amides is 1. The maximum atomic E-state index is 12.1. The first kappa shape index (κ1) is 17.7. The molecular formula is C20H23NO3. The molecule has 0 saturated carbocycles. The average Bonchev–Trinajstić information content (AvgIpc) is 2.53. The minimum absolute atomic E-state index is 0.0894. The number of hydrogen-bond acceptors (Lipinski definition) is 3. The molecule has 126 valence electrons. The summed E-state index contributed by atoms with van der Waals surface area (Å²) in [5.41, 5.74) is 2.55. The van der Waals surface area contributed by atoms with E-state index in [2.05, 4.69) is 26.1 Å². The van der Waals surface area contributed by atoms with Crippen molar-refractivity contribution in [2.45, 2.75) is 32.6 Å². The highest BCUT2D eigenvalue weighted by Crippen LogP contribution is 2.29. The Hall–Kier alpha value is -2.62. The Morgan fingerprint density at radius 1 is 0.958 bits per heavy atom.